The topological polar surface area (TPSA) is 46.3 Å². The van der Waals surface area contributed by atoms with Gasteiger partial charge in [0.15, 0.2) is 5.82 Å². The van der Waals surface area contributed by atoms with Crippen molar-refractivity contribution in [2.24, 2.45) is 0 Å². The van der Waals surface area contributed by atoms with Gasteiger partial charge in [0.1, 0.15) is 5.82 Å². The molecule has 1 fully saturated rings. The van der Waals surface area contributed by atoms with E-state index in [1.807, 2.05) is 11.4 Å². The lowest BCUT2D eigenvalue weighted by Gasteiger charge is -2.21. The average molecular weight is 287 g/mol. The van der Waals surface area contributed by atoms with Gasteiger partial charge in [0, 0.05) is 30.8 Å². The highest BCUT2D eigenvalue weighted by atomic mass is 15.4. The number of hydrogen-bond donors (Lipinski definition) is 0. The third kappa shape index (κ3) is 2.74. The fourth-order valence-corrected chi connectivity index (χ4v) is 3.29. The summed E-state index contributed by atoms with van der Waals surface area (Å²) in [6.07, 6.45) is 6.39. The summed E-state index contributed by atoms with van der Waals surface area (Å²) < 4.78 is 1.93. The third-order valence-electron chi connectivity index (χ3n) is 4.50. The highest BCUT2D eigenvalue weighted by Gasteiger charge is 2.21. The summed E-state index contributed by atoms with van der Waals surface area (Å²) in [5, 5.41) is 4.80. The molecule has 2 aromatic rings. The van der Waals surface area contributed by atoms with E-state index in [0.29, 0.717) is 5.92 Å². The molecular weight excluding hydrogens is 262 g/mol. The van der Waals surface area contributed by atoms with Crippen LogP contribution >= 0.6 is 0 Å². The second-order valence-electron chi connectivity index (χ2n) is 5.94. The number of rotatable bonds is 4. The Morgan fingerprint density at radius 2 is 1.86 bits per heavy atom. The van der Waals surface area contributed by atoms with Gasteiger partial charge in [-0.3, -0.25) is 0 Å². The van der Waals surface area contributed by atoms with Crippen LogP contribution in [0.4, 0.5) is 5.82 Å². The number of fused-ring (bicyclic) bond motifs is 1. The molecule has 0 spiro atoms. The van der Waals surface area contributed by atoms with Gasteiger partial charge in [-0.05, 0) is 33.6 Å². The van der Waals surface area contributed by atoms with Gasteiger partial charge in [-0.15, -0.1) is 5.10 Å². The van der Waals surface area contributed by atoms with E-state index in [2.05, 4.69) is 29.8 Å². The van der Waals surface area contributed by atoms with Crippen molar-refractivity contribution in [1.82, 2.24) is 19.6 Å². The number of anilines is 1. The van der Waals surface area contributed by atoms with Crippen LogP contribution in [0.2, 0.25) is 0 Å². The van der Waals surface area contributed by atoms with E-state index >= 15 is 0 Å². The molecule has 0 atom stereocenters. The first-order valence-corrected chi connectivity index (χ1v) is 8.22. The van der Waals surface area contributed by atoms with E-state index in [0.717, 1.165) is 36.2 Å². The summed E-state index contributed by atoms with van der Waals surface area (Å²) >= 11 is 0. The smallest absolute Gasteiger partial charge is 0.254 e. The SMILES string of the molecule is CCN(CC)c1cc(C)nc2nc(C3CCCCC3)nn12. The van der Waals surface area contributed by atoms with Crippen LogP contribution in [0.5, 0.6) is 0 Å². The highest BCUT2D eigenvalue weighted by Crippen LogP contribution is 2.31. The van der Waals surface area contributed by atoms with Crippen LogP contribution in [0, 0.1) is 6.92 Å². The van der Waals surface area contributed by atoms with Crippen LogP contribution in [0.15, 0.2) is 6.07 Å². The first-order valence-electron chi connectivity index (χ1n) is 8.22. The molecule has 114 valence electrons. The summed E-state index contributed by atoms with van der Waals surface area (Å²) in [5.41, 5.74) is 1.01. The average Bonchev–Trinajstić information content (AvgIpc) is 2.93. The molecule has 1 saturated carbocycles. The Labute approximate surface area is 126 Å². The minimum atomic E-state index is 0.519. The van der Waals surface area contributed by atoms with Gasteiger partial charge < -0.3 is 4.90 Å². The van der Waals surface area contributed by atoms with Crippen molar-refractivity contribution >= 4 is 11.6 Å². The summed E-state index contributed by atoms with van der Waals surface area (Å²) in [6, 6.07) is 2.11. The Kier molecular flexibility index (Phi) is 4.08. The minimum absolute atomic E-state index is 0.519. The maximum absolute atomic E-state index is 4.80. The molecule has 1 aliphatic rings. The zero-order chi connectivity index (χ0) is 14.8. The second-order valence-corrected chi connectivity index (χ2v) is 5.94. The van der Waals surface area contributed by atoms with E-state index in [4.69, 9.17) is 10.1 Å². The van der Waals surface area contributed by atoms with Crippen LogP contribution in [0.1, 0.15) is 63.4 Å². The fourth-order valence-electron chi connectivity index (χ4n) is 3.29. The van der Waals surface area contributed by atoms with Crippen LogP contribution < -0.4 is 4.90 Å². The zero-order valence-corrected chi connectivity index (χ0v) is 13.3. The Bertz CT molecular complexity index is 608. The van der Waals surface area contributed by atoms with Crippen molar-refractivity contribution < 1.29 is 0 Å². The molecule has 21 heavy (non-hydrogen) atoms. The molecule has 1 aliphatic carbocycles. The molecule has 0 radical (unpaired) electrons. The predicted molar refractivity (Wildman–Crippen MR) is 84.9 cm³/mol. The van der Waals surface area contributed by atoms with Crippen molar-refractivity contribution in [3.63, 3.8) is 0 Å². The number of aryl methyl sites for hydroxylation is 1. The van der Waals surface area contributed by atoms with Gasteiger partial charge in [-0.2, -0.15) is 9.50 Å². The monoisotopic (exact) mass is 287 g/mol. The Morgan fingerprint density at radius 3 is 2.52 bits per heavy atom. The van der Waals surface area contributed by atoms with Gasteiger partial charge in [0.25, 0.3) is 5.78 Å². The van der Waals surface area contributed by atoms with Crippen LogP contribution in [0.25, 0.3) is 5.78 Å². The van der Waals surface area contributed by atoms with E-state index < -0.39 is 0 Å². The van der Waals surface area contributed by atoms with E-state index in [1.165, 1.54) is 32.1 Å². The largest absolute Gasteiger partial charge is 0.357 e. The fraction of sp³-hybridized carbons (Fsp3) is 0.688. The summed E-state index contributed by atoms with van der Waals surface area (Å²) in [5.74, 6) is 3.36. The second kappa shape index (κ2) is 6.00. The highest BCUT2D eigenvalue weighted by molar-refractivity contribution is 5.47. The van der Waals surface area contributed by atoms with Gasteiger partial charge in [0.05, 0.1) is 0 Å². The molecule has 0 aromatic carbocycles. The maximum atomic E-state index is 4.80. The van der Waals surface area contributed by atoms with Crippen LogP contribution in [0.3, 0.4) is 0 Å². The molecule has 0 aliphatic heterocycles. The summed E-state index contributed by atoms with van der Waals surface area (Å²) in [4.78, 5) is 11.6. The lowest BCUT2D eigenvalue weighted by Crippen LogP contribution is -2.25. The van der Waals surface area contributed by atoms with Crippen molar-refractivity contribution in [1.29, 1.82) is 0 Å². The normalized spacial score (nSPS) is 16.5. The quantitative estimate of drug-likeness (QED) is 0.865. The van der Waals surface area contributed by atoms with E-state index in [-0.39, 0.29) is 0 Å². The molecule has 2 aromatic heterocycles. The Balaban J connectivity index is 2.05. The Hall–Kier alpha value is -1.65. The lowest BCUT2D eigenvalue weighted by atomic mass is 9.89. The molecule has 5 nitrogen and oxygen atoms in total. The van der Waals surface area contributed by atoms with Crippen molar-refractivity contribution in [3.8, 4) is 0 Å². The Morgan fingerprint density at radius 1 is 1.14 bits per heavy atom. The molecule has 0 saturated heterocycles. The van der Waals surface area contributed by atoms with Crippen molar-refractivity contribution in [2.75, 3.05) is 18.0 Å². The van der Waals surface area contributed by atoms with Crippen molar-refractivity contribution in [2.45, 2.75) is 58.8 Å². The van der Waals surface area contributed by atoms with Gasteiger partial charge in [-0.1, -0.05) is 19.3 Å². The minimum Gasteiger partial charge on any atom is -0.357 e. The molecule has 5 heteroatoms. The molecule has 0 N–H and O–H groups in total. The van der Waals surface area contributed by atoms with Crippen molar-refractivity contribution in [3.05, 3.63) is 17.6 Å². The standard InChI is InChI=1S/C16H25N5/c1-4-20(5-2)14-11-12(3)17-16-18-15(19-21(14)16)13-9-7-6-8-10-13/h11,13H,4-10H2,1-3H3. The van der Waals surface area contributed by atoms with Crippen LogP contribution in [-0.4, -0.2) is 32.7 Å². The molecule has 3 rings (SSSR count). The molecule has 0 unspecified atom stereocenters. The van der Waals surface area contributed by atoms with Gasteiger partial charge >= 0.3 is 0 Å². The van der Waals surface area contributed by atoms with Gasteiger partial charge in [0.2, 0.25) is 0 Å². The summed E-state index contributed by atoms with van der Waals surface area (Å²) in [6.45, 7) is 8.30. The first-order chi connectivity index (χ1) is 10.2. The van der Waals surface area contributed by atoms with Crippen LogP contribution in [-0.2, 0) is 0 Å². The first kappa shape index (κ1) is 14.3. The van der Waals surface area contributed by atoms with E-state index in [1.54, 1.807) is 0 Å². The molecule has 0 bridgehead atoms. The zero-order valence-electron chi connectivity index (χ0n) is 13.3. The molecular formula is C16H25N5. The number of aromatic nitrogens is 4. The number of nitrogens with zero attached hydrogens (tertiary/aromatic N) is 5. The third-order valence-corrected chi connectivity index (χ3v) is 4.50. The molecule has 2 heterocycles. The van der Waals surface area contributed by atoms with Gasteiger partial charge in [-0.25, -0.2) is 4.98 Å². The van der Waals surface area contributed by atoms with E-state index in [9.17, 15) is 0 Å². The number of hydrogen-bond acceptors (Lipinski definition) is 4. The molecule has 0 amide bonds. The summed E-state index contributed by atoms with van der Waals surface area (Å²) in [7, 11) is 0. The predicted octanol–water partition coefficient (Wildman–Crippen LogP) is 3.33. The lowest BCUT2D eigenvalue weighted by molar-refractivity contribution is 0.429. The maximum Gasteiger partial charge on any atom is 0.254 e.